The average Bonchev–Trinajstić information content (AvgIpc) is 3.80. The summed E-state index contributed by atoms with van der Waals surface area (Å²) in [5, 5.41) is 9.60. The molecule has 9 aromatic carbocycles. The van der Waals surface area contributed by atoms with Crippen LogP contribution in [0.25, 0.3) is 111 Å². The van der Waals surface area contributed by atoms with E-state index in [0.29, 0.717) is 17.5 Å². The molecule has 5 nitrogen and oxygen atoms in total. The third kappa shape index (κ3) is 5.00. The van der Waals surface area contributed by atoms with Gasteiger partial charge in [0.2, 0.25) is 0 Å². The van der Waals surface area contributed by atoms with Crippen LogP contribution >= 0.6 is 0 Å². The Morgan fingerprint density at radius 2 is 0.879 bits per heavy atom. The molecule has 0 N–H and O–H groups in total. The predicted molar refractivity (Wildman–Crippen MR) is 240 cm³/mol. The maximum absolute atomic E-state index is 5.07. The molecule has 3 aromatic heterocycles. The van der Waals surface area contributed by atoms with Gasteiger partial charge >= 0.3 is 0 Å². The molecule has 0 amide bonds. The fourth-order valence-corrected chi connectivity index (χ4v) is 8.90. The van der Waals surface area contributed by atoms with Crippen LogP contribution in [-0.4, -0.2) is 24.1 Å². The van der Waals surface area contributed by atoms with Gasteiger partial charge in [-0.05, 0) is 58.6 Å². The van der Waals surface area contributed by atoms with E-state index in [0.717, 1.165) is 44.4 Å². The van der Waals surface area contributed by atoms with Gasteiger partial charge in [-0.1, -0.05) is 158 Å². The van der Waals surface area contributed by atoms with Crippen LogP contribution in [0.3, 0.4) is 0 Å². The second-order valence-electron chi connectivity index (χ2n) is 14.8. The molecule has 0 aliphatic carbocycles. The zero-order valence-electron chi connectivity index (χ0n) is 31.3. The van der Waals surface area contributed by atoms with Crippen molar-refractivity contribution in [1.82, 2.24) is 24.1 Å². The lowest BCUT2D eigenvalue weighted by Gasteiger charge is -2.13. The van der Waals surface area contributed by atoms with Crippen molar-refractivity contribution in [1.29, 1.82) is 0 Å². The first-order chi connectivity index (χ1) is 28.8. The number of hydrogen-bond acceptors (Lipinski definition) is 3. The van der Waals surface area contributed by atoms with Crippen LogP contribution in [0.1, 0.15) is 0 Å². The second kappa shape index (κ2) is 12.8. The Balaban J connectivity index is 1.09. The minimum atomic E-state index is 0.645. The lowest BCUT2D eigenvalue weighted by atomic mass is 10.0. The first-order valence-electron chi connectivity index (χ1n) is 19.6. The van der Waals surface area contributed by atoms with E-state index in [1.807, 2.05) is 60.7 Å². The SMILES string of the molecule is c1ccc(-c2nc(-c3ccccc3)nc(-c3cccc4cc(-n5c6ccccc6c6cc7c8ccc9ccccc9c8n(-c8ccccc8)c7cc65)ccc34)n2)cc1. The Bertz CT molecular complexity index is 3490. The van der Waals surface area contributed by atoms with Gasteiger partial charge in [0, 0.05) is 55.0 Å². The summed E-state index contributed by atoms with van der Waals surface area (Å²) in [6, 6.07) is 71.0. The lowest BCUT2D eigenvalue weighted by Crippen LogP contribution is -2.00. The third-order valence-corrected chi connectivity index (χ3v) is 11.5. The Hall–Kier alpha value is -7.89. The highest BCUT2D eigenvalue weighted by Crippen LogP contribution is 2.42. The van der Waals surface area contributed by atoms with Gasteiger partial charge in [-0.2, -0.15) is 0 Å². The van der Waals surface area contributed by atoms with Crippen molar-refractivity contribution in [2.75, 3.05) is 0 Å². The van der Waals surface area contributed by atoms with Crippen molar-refractivity contribution >= 4 is 65.2 Å². The van der Waals surface area contributed by atoms with Gasteiger partial charge in [0.25, 0.3) is 0 Å². The number of hydrogen-bond donors (Lipinski definition) is 0. The molecule has 5 heteroatoms. The zero-order chi connectivity index (χ0) is 38.2. The molecule has 12 rings (SSSR count). The minimum absolute atomic E-state index is 0.645. The summed E-state index contributed by atoms with van der Waals surface area (Å²) in [5.41, 5.74) is 9.82. The topological polar surface area (TPSA) is 48.5 Å². The quantitative estimate of drug-likeness (QED) is 0.177. The van der Waals surface area contributed by atoms with E-state index >= 15 is 0 Å². The number of rotatable bonds is 5. The van der Waals surface area contributed by atoms with Crippen LogP contribution < -0.4 is 0 Å². The summed E-state index contributed by atoms with van der Waals surface area (Å²) in [5.74, 6) is 1.94. The maximum Gasteiger partial charge on any atom is 0.164 e. The van der Waals surface area contributed by atoms with E-state index in [1.165, 1.54) is 48.9 Å². The van der Waals surface area contributed by atoms with E-state index in [4.69, 9.17) is 15.0 Å². The third-order valence-electron chi connectivity index (χ3n) is 11.5. The number of aromatic nitrogens is 5. The van der Waals surface area contributed by atoms with E-state index in [9.17, 15) is 0 Å². The van der Waals surface area contributed by atoms with Crippen molar-refractivity contribution in [3.05, 3.63) is 200 Å². The molecule has 0 aliphatic rings. The van der Waals surface area contributed by atoms with Crippen molar-refractivity contribution in [3.63, 3.8) is 0 Å². The molecule has 0 atom stereocenters. The van der Waals surface area contributed by atoms with Crippen LogP contribution in [0, 0.1) is 0 Å². The van der Waals surface area contributed by atoms with Gasteiger partial charge < -0.3 is 9.13 Å². The molecule has 0 bridgehead atoms. The second-order valence-corrected chi connectivity index (χ2v) is 14.8. The highest BCUT2D eigenvalue weighted by molar-refractivity contribution is 6.23. The summed E-state index contributed by atoms with van der Waals surface area (Å²) in [4.78, 5) is 15.1. The van der Waals surface area contributed by atoms with E-state index in [1.54, 1.807) is 0 Å². The summed E-state index contributed by atoms with van der Waals surface area (Å²) in [6.07, 6.45) is 0. The van der Waals surface area contributed by atoms with Crippen molar-refractivity contribution < 1.29 is 0 Å². The number of para-hydroxylation sites is 2. The van der Waals surface area contributed by atoms with E-state index in [2.05, 4.69) is 149 Å². The van der Waals surface area contributed by atoms with Gasteiger partial charge in [-0.3, -0.25) is 0 Å². The molecule has 0 aliphatic heterocycles. The molecule has 12 aromatic rings. The monoisotopic (exact) mass is 739 g/mol. The van der Waals surface area contributed by atoms with Crippen molar-refractivity contribution in [3.8, 4) is 45.5 Å². The molecular formula is C53H33N5. The van der Waals surface area contributed by atoms with Crippen LogP contribution in [0.2, 0.25) is 0 Å². The van der Waals surface area contributed by atoms with Gasteiger partial charge in [0.1, 0.15) is 0 Å². The summed E-state index contributed by atoms with van der Waals surface area (Å²) >= 11 is 0. The predicted octanol–water partition coefficient (Wildman–Crippen LogP) is 13.4. The summed E-state index contributed by atoms with van der Waals surface area (Å²) in [6.45, 7) is 0. The molecule has 0 fully saturated rings. The van der Waals surface area contributed by atoms with Crippen LogP contribution in [0.5, 0.6) is 0 Å². The minimum Gasteiger partial charge on any atom is -0.309 e. The molecule has 270 valence electrons. The first-order valence-corrected chi connectivity index (χ1v) is 19.6. The summed E-state index contributed by atoms with van der Waals surface area (Å²) in [7, 11) is 0. The highest BCUT2D eigenvalue weighted by Gasteiger charge is 2.21. The smallest absolute Gasteiger partial charge is 0.164 e. The number of fused-ring (bicyclic) bond motifs is 9. The molecule has 0 spiro atoms. The fourth-order valence-electron chi connectivity index (χ4n) is 8.90. The fraction of sp³-hybridized carbons (Fsp3) is 0. The van der Waals surface area contributed by atoms with Gasteiger partial charge in [-0.25, -0.2) is 15.0 Å². The Kier molecular flexibility index (Phi) is 7.16. The van der Waals surface area contributed by atoms with Crippen molar-refractivity contribution in [2.45, 2.75) is 0 Å². The first kappa shape index (κ1) is 32.4. The highest BCUT2D eigenvalue weighted by atomic mass is 15.0. The number of benzene rings is 9. The van der Waals surface area contributed by atoms with E-state index < -0.39 is 0 Å². The van der Waals surface area contributed by atoms with Crippen molar-refractivity contribution in [2.24, 2.45) is 0 Å². The van der Waals surface area contributed by atoms with Gasteiger partial charge in [-0.15, -0.1) is 0 Å². The standard InChI is InChI=1S/C53H33N5/c1-4-16-35(17-5-1)51-54-52(36-18-6-2-7-19-36)56-53(55-51)44-25-14-20-37-31-39(28-30-40(37)44)57-47-26-13-12-24-42(47)45-32-46-43-29-27-34-15-10-11-23-41(34)50(43)58(49(46)33-48(45)57)38-21-8-3-9-22-38/h1-33H. The van der Waals surface area contributed by atoms with Crippen LogP contribution in [0.4, 0.5) is 0 Å². The molecule has 0 saturated carbocycles. The molecular weight excluding hydrogens is 707 g/mol. The number of nitrogens with zero attached hydrogens (tertiary/aromatic N) is 5. The lowest BCUT2D eigenvalue weighted by molar-refractivity contribution is 1.08. The summed E-state index contributed by atoms with van der Waals surface area (Å²) < 4.78 is 4.87. The Morgan fingerprint density at radius 3 is 1.64 bits per heavy atom. The van der Waals surface area contributed by atoms with Gasteiger partial charge in [0.15, 0.2) is 17.5 Å². The average molecular weight is 740 g/mol. The molecule has 0 saturated heterocycles. The van der Waals surface area contributed by atoms with Crippen LogP contribution in [-0.2, 0) is 0 Å². The van der Waals surface area contributed by atoms with E-state index in [-0.39, 0.29) is 0 Å². The van der Waals surface area contributed by atoms with Crippen LogP contribution in [0.15, 0.2) is 200 Å². The largest absolute Gasteiger partial charge is 0.309 e. The molecule has 0 radical (unpaired) electrons. The molecule has 3 heterocycles. The Labute approximate surface area is 333 Å². The normalized spacial score (nSPS) is 11.8. The maximum atomic E-state index is 5.07. The molecule has 58 heavy (non-hydrogen) atoms. The Morgan fingerprint density at radius 1 is 0.293 bits per heavy atom. The zero-order valence-corrected chi connectivity index (χ0v) is 31.3. The molecule has 0 unspecified atom stereocenters. The van der Waals surface area contributed by atoms with Gasteiger partial charge in [0.05, 0.1) is 22.1 Å².